The van der Waals surface area contributed by atoms with Gasteiger partial charge in [-0.15, -0.1) is 0 Å². The number of hydrogen-bond donors (Lipinski definition) is 3. The molecule has 0 fully saturated rings. The second-order valence-electron chi connectivity index (χ2n) is 7.09. The number of carbonyl (C=O) groups excluding carboxylic acids is 1. The molecule has 26 heavy (non-hydrogen) atoms. The minimum atomic E-state index is -0.348. The van der Waals surface area contributed by atoms with Gasteiger partial charge in [-0.3, -0.25) is 4.79 Å². The van der Waals surface area contributed by atoms with Crippen molar-refractivity contribution in [1.29, 1.82) is 0 Å². The SMILES string of the molecule is CC(C)C(NC(=O)C(C)C(N)c1ccccc1)c1nc2ccccc2[nH]1. The topological polar surface area (TPSA) is 83.8 Å². The lowest BCUT2D eigenvalue weighted by atomic mass is 9.93. The Kier molecular flexibility index (Phi) is 5.38. The second kappa shape index (κ2) is 7.70. The Morgan fingerprint density at radius 1 is 1.04 bits per heavy atom. The summed E-state index contributed by atoms with van der Waals surface area (Å²) < 4.78 is 0. The highest BCUT2D eigenvalue weighted by Gasteiger charge is 2.27. The van der Waals surface area contributed by atoms with Crippen molar-refractivity contribution in [1.82, 2.24) is 15.3 Å². The van der Waals surface area contributed by atoms with Crippen molar-refractivity contribution in [2.45, 2.75) is 32.9 Å². The molecule has 0 aliphatic heterocycles. The summed E-state index contributed by atoms with van der Waals surface area (Å²) in [6, 6.07) is 17.0. The number of imidazole rings is 1. The van der Waals surface area contributed by atoms with Crippen LogP contribution in [0.2, 0.25) is 0 Å². The van der Waals surface area contributed by atoms with E-state index in [9.17, 15) is 4.79 Å². The second-order valence-corrected chi connectivity index (χ2v) is 7.09. The van der Waals surface area contributed by atoms with E-state index in [-0.39, 0.29) is 29.8 Å². The Morgan fingerprint density at radius 2 is 1.69 bits per heavy atom. The normalized spacial score (nSPS) is 15.0. The van der Waals surface area contributed by atoms with Crippen molar-refractivity contribution in [3.05, 3.63) is 66.0 Å². The zero-order valence-corrected chi connectivity index (χ0v) is 15.4. The first kappa shape index (κ1) is 18.1. The van der Waals surface area contributed by atoms with E-state index in [1.807, 2.05) is 61.5 Å². The maximum Gasteiger partial charge on any atom is 0.225 e. The number of amides is 1. The highest BCUT2D eigenvalue weighted by atomic mass is 16.2. The molecule has 1 amide bonds. The van der Waals surface area contributed by atoms with Crippen LogP contribution in [-0.2, 0) is 4.79 Å². The van der Waals surface area contributed by atoms with Crippen LogP contribution in [0.15, 0.2) is 54.6 Å². The molecule has 5 nitrogen and oxygen atoms in total. The third-order valence-corrected chi connectivity index (χ3v) is 4.80. The predicted molar refractivity (Wildman–Crippen MR) is 104 cm³/mol. The van der Waals surface area contributed by atoms with E-state index in [2.05, 4.69) is 29.1 Å². The molecule has 0 radical (unpaired) electrons. The van der Waals surface area contributed by atoms with E-state index >= 15 is 0 Å². The standard InChI is InChI=1S/C21H26N4O/c1-13(2)19(20-23-16-11-7-8-12-17(16)24-20)25-21(26)14(3)18(22)15-9-5-4-6-10-15/h4-14,18-19H,22H2,1-3H3,(H,23,24)(H,25,26). The van der Waals surface area contributed by atoms with E-state index in [0.717, 1.165) is 22.4 Å². The summed E-state index contributed by atoms with van der Waals surface area (Å²) in [5, 5.41) is 3.13. The number of benzene rings is 2. The van der Waals surface area contributed by atoms with E-state index in [1.165, 1.54) is 0 Å². The summed E-state index contributed by atoms with van der Waals surface area (Å²) in [5.41, 5.74) is 9.13. The number of H-pyrrole nitrogens is 1. The van der Waals surface area contributed by atoms with E-state index in [1.54, 1.807) is 0 Å². The fourth-order valence-corrected chi connectivity index (χ4v) is 3.08. The van der Waals surface area contributed by atoms with Crippen LogP contribution in [0.25, 0.3) is 11.0 Å². The van der Waals surface area contributed by atoms with Gasteiger partial charge in [0.25, 0.3) is 0 Å². The number of hydrogen-bond acceptors (Lipinski definition) is 3. The summed E-state index contributed by atoms with van der Waals surface area (Å²) in [4.78, 5) is 20.8. The summed E-state index contributed by atoms with van der Waals surface area (Å²) in [6.07, 6.45) is 0. The van der Waals surface area contributed by atoms with Crippen molar-refractivity contribution >= 4 is 16.9 Å². The highest BCUT2D eigenvalue weighted by Crippen LogP contribution is 2.25. The van der Waals surface area contributed by atoms with Crippen LogP contribution in [0.3, 0.4) is 0 Å². The average molecular weight is 350 g/mol. The Bertz CT molecular complexity index is 839. The molecule has 0 saturated carbocycles. The molecule has 0 saturated heterocycles. The molecule has 0 spiro atoms. The molecule has 4 N–H and O–H groups in total. The summed E-state index contributed by atoms with van der Waals surface area (Å²) in [5.74, 6) is 0.554. The first-order valence-electron chi connectivity index (χ1n) is 9.03. The maximum atomic E-state index is 12.8. The van der Waals surface area contributed by atoms with Gasteiger partial charge in [-0.25, -0.2) is 4.98 Å². The molecule has 3 rings (SSSR count). The molecule has 0 aliphatic rings. The van der Waals surface area contributed by atoms with Crippen LogP contribution in [0.4, 0.5) is 0 Å². The minimum absolute atomic E-state index is 0.0690. The van der Waals surface area contributed by atoms with Crippen LogP contribution < -0.4 is 11.1 Å². The zero-order chi connectivity index (χ0) is 18.7. The Hall–Kier alpha value is -2.66. The summed E-state index contributed by atoms with van der Waals surface area (Å²) in [6.45, 7) is 6.00. The smallest absolute Gasteiger partial charge is 0.225 e. The van der Waals surface area contributed by atoms with Crippen molar-refractivity contribution in [2.24, 2.45) is 17.6 Å². The van der Waals surface area contributed by atoms with Crippen LogP contribution in [-0.4, -0.2) is 15.9 Å². The Balaban J connectivity index is 1.78. The Morgan fingerprint density at radius 3 is 2.35 bits per heavy atom. The van der Waals surface area contributed by atoms with Gasteiger partial charge in [0.05, 0.1) is 23.0 Å². The van der Waals surface area contributed by atoms with Gasteiger partial charge < -0.3 is 16.0 Å². The van der Waals surface area contributed by atoms with Crippen molar-refractivity contribution in [3.63, 3.8) is 0 Å². The fourth-order valence-electron chi connectivity index (χ4n) is 3.08. The molecule has 2 aromatic carbocycles. The monoisotopic (exact) mass is 350 g/mol. The number of nitrogens with one attached hydrogen (secondary N) is 2. The van der Waals surface area contributed by atoms with Crippen molar-refractivity contribution in [3.8, 4) is 0 Å². The number of aromatic amines is 1. The van der Waals surface area contributed by atoms with Gasteiger partial charge in [0.1, 0.15) is 5.82 Å². The van der Waals surface area contributed by atoms with Crippen LogP contribution in [0, 0.1) is 11.8 Å². The quantitative estimate of drug-likeness (QED) is 0.633. The van der Waals surface area contributed by atoms with E-state index in [4.69, 9.17) is 5.73 Å². The fraction of sp³-hybridized carbons (Fsp3) is 0.333. The van der Waals surface area contributed by atoms with Gasteiger partial charge in [0.2, 0.25) is 5.91 Å². The lowest BCUT2D eigenvalue weighted by Gasteiger charge is -2.25. The van der Waals surface area contributed by atoms with Gasteiger partial charge >= 0.3 is 0 Å². The van der Waals surface area contributed by atoms with Crippen LogP contribution in [0.5, 0.6) is 0 Å². The number of nitrogens with two attached hydrogens (primary N) is 1. The van der Waals surface area contributed by atoms with Gasteiger partial charge in [0, 0.05) is 6.04 Å². The highest BCUT2D eigenvalue weighted by molar-refractivity contribution is 5.80. The molecular weight excluding hydrogens is 324 g/mol. The molecule has 1 aromatic heterocycles. The first-order valence-corrected chi connectivity index (χ1v) is 9.03. The number of nitrogens with zero attached hydrogens (tertiary/aromatic N) is 1. The molecule has 1 heterocycles. The third-order valence-electron chi connectivity index (χ3n) is 4.80. The van der Waals surface area contributed by atoms with E-state index in [0.29, 0.717) is 0 Å². The lowest BCUT2D eigenvalue weighted by Crippen LogP contribution is -2.39. The van der Waals surface area contributed by atoms with Crippen LogP contribution in [0.1, 0.15) is 44.2 Å². The zero-order valence-electron chi connectivity index (χ0n) is 15.4. The van der Waals surface area contributed by atoms with Crippen molar-refractivity contribution in [2.75, 3.05) is 0 Å². The van der Waals surface area contributed by atoms with Gasteiger partial charge in [-0.1, -0.05) is 63.2 Å². The molecule has 3 aromatic rings. The molecule has 0 aliphatic carbocycles. The largest absolute Gasteiger partial charge is 0.346 e. The number of aromatic nitrogens is 2. The van der Waals surface area contributed by atoms with Crippen LogP contribution >= 0.6 is 0 Å². The predicted octanol–water partition coefficient (Wildman–Crippen LogP) is 3.71. The maximum absolute atomic E-state index is 12.8. The third kappa shape index (κ3) is 3.78. The van der Waals surface area contributed by atoms with Gasteiger partial charge in [-0.2, -0.15) is 0 Å². The molecule has 3 unspecified atom stereocenters. The molecule has 3 atom stereocenters. The number of para-hydroxylation sites is 2. The summed E-state index contributed by atoms with van der Waals surface area (Å²) >= 11 is 0. The molecule has 5 heteroatoms. The first-order chi connectivity index (χ1) is 12.5. The number of rotatable bonds is 6. The lowest BCUT2D eigenvalue weighted by molar-refractivity contribution is -0.126. The molecule has 0 bridgehead atoms. The number of fused-ring (bicyclic) bond motifs is 1. The summed E-state index contributed by atoms with van der Waals surface area (Å²) in [7, 11) is 0. The van der Waals surface area contributed by atoms with Gasteiger partial charge in [-0.05, 0) is 23.6 Å². The number of carbonyl (C=O) groups is 1. The average Bonchev–Trinajstić information content (AvgIpc) is 3.08. The minimum Gasteiger partial charge on any atom is -0.346 e. The van der Waals surface area contributed by atoms with Crippen molar-refractivity contribution < 1.29 is 4.79 Å². The Labute approximate surface area is 154 Å². The van der Waals surface area contributed by atoms with E-state index < -0.39 is 0 Å². The van der Waals surface area contributed by atoms with Gasteiger partial charge in [0.15, 0.2) is 0 Å². The molecular formula is C21H26N4O. The molecule has 136 valence electrons.